The summed E-state index contributed by atoms with van der Waals surface area (Å²) in [6.45, 7) is 2.17. The lowest BCUT2D eigenvalue weighted by Gasteiger charge is -2.12. The Hall–Kier alpha value is -2.49. The van der Waals surface area contributed by atoms with E-state index in [1.807, 2.05) is 54.6 Å². The van der Waals surface area contributed by atoms with Crippen molar-refractivity contribution in [3.05, 3.63) is 94.5 Å². The number of rotatable bonds is 9. The minimum atomic E-state index is 0.503. The number of hydrogen-bond acceptors (Lipinski definition) is 3. The van der Waals surface area contributed by atoms with Crippen LogP contribution >= 0.6 is 11.6 Å². The Morgan fingerprint density at radius 2 is 1.70 bits per heavy atom. The molecular weight excluding hydrogens is 358 g/mol. The first-order chi connectivity index (χ1) is 13.2. The first kappa shape index (κ1) is 19.3. The molecule has 3 nitrogen and oxygen atoms in total. The van der Waals surface area contributed by atoms with E-state index in [0.717, 1.165) is 47.2 Å². The molecule has 0 amide bonds. The zero-order valence-corrected chi connectivity index (χ0v) is 16.2. The van der Waals surface area contributed by atoms with E-state index in [4.69, 9.17) is 21.1 Å². The molecule has 0 aliphatic rings. The van der Waals surface area contributed by atoms with E-state index in [1.54, 1.807) is 7.11 Å². The van der Waals surface area contributed by atoms with E-state index in [0.29, 0.717) is 6.61 Å². The summed E-state index contributed by atoms with van der Waals surface area (Å²) in [6, 6.07) is 24.1. The maximum absolute atomic E-state index is 6.04. The van der Waals surface area contributed by atoms with Crippen molar-refractivity contribution in [3.63, 3.8) is 0 Å². The zero-order valence-electron chi connectivity index (χ0n) is 15.5. The zero-order chi connectivity index (χ0) is 18.9. The van der Waals surface area contributed by atoms with Crippen LogP contribution in [-0.4, -0.2) is 13.7 Å². The molecule has 0 bridgehead atoms. The van der Waals surface area contributed by atoms with Crippen LogP contribution < -0.4 is 14.8 Å². The Morgan fingerprint density at radius 3 is 2.48 bits per heavy atom. The number of ether oxygens (including phenoxy) is 2. The van der Waals surface area contributed by atoms with Crippen molar-refractivity contribution < 1.29 is 9.47 Å². The number of para-hydroxylation sites is 1. The van der Waals surface area contributed by atoms with Crippen LogP contribution in [0.15, 0.2) is 72.8 Å². The standard InChI is InChI=1S/C23H24ClNO2/c1-26-22-11-9-18(10-12-22)13-14-25-16-20-6-2-3-8-23(20)27-17-19-5-4-7-21(24)15-19/h2-12,15,25H,13-14,16-17H2,1H3. The lowest BCUT2D eigenvalue weighted by Crippen LogP contribution is -2.17. The van der Waals surface area contributed by atoms with Gasteiger partial charge in [0.1, 0.15) is 18.1 Å². The molecule has 0 radical (unpaired) electrons. The van der Waals surface area contributed by atoms with Gasteiger partial charge in [-0.3, -0.25) is 0 Å². The third kappa shape index (κ3) is 6.02. The summed E-state index contributed by atoms with van der Waals surface area (Å²) in [6.07, 6.45) is 0.968. The molecule has 0 aliphatic carbocycles. The summed E-state index contributed by atoms with van der Waals surface area (Å²) in [5, 5.41) is 4.22. The van der Waals surface area contributed by atoms with Crippen LogP contribution in [0.25, 0.3) is 0 Å². The predicted octanol–water partition coefficient (Wildman–Crippen LogP) is 5.26. The lowest BCUT2D eigenvalue weighted by atomic mass is 10.1. The molecular formula is C23H24ClNO2. The Balaban J connectivity index is 1.49. The van der Waals surface area contributed by atoms with Crippen molar-refractivity contribution in [2.75, 3.05) is 13.7 Å². The largest absolute Gasteiger partial charge is 0.497 e. The molecule has 0 fully saturated rings. The van der Waals surface area contributed by atoms with Gasteiger partial charge in [0.05, 0.1) is 7.11 Å². The first-order valence-corrected chi connectivity index (χ1v) is 9.41. The summed E-state index contributed by atoms with van der Waals surface area (Å²) in [5.74, 6) is 1.78. The fourth-order valence-electron chi connectivity index (χ4n) is 2.83. The van der Waals surface area contributed by atoms with E-state index < -0.39 is 0 Å². The van der Waals surface area contributed by atoms with Crippen LogP contribution in [0.2, 0.25) is 5.02 Å². The van der Waals surface area contributed by atoms with Crippen LogP contribution in [0, 0.1) is 0 Å². The summed E-state index contributed by atoms with van der Waals surface area (Å²) >= 11 is 6.04. The minimum Gasteiger partial charge on any atom is -0.497 e. The highest BCUT2D eigenvalue weighted by Gasteiger charge is 2.04. The van der Waals surface area contributed by atoms with Crippen molar-refractivity contribution in [1.82, 2.24) is 5.32 Å². The normalized spacial score (nSPS) is 10.6. The maximum atomic E-state index is 6.04. The second-order valence-electron chi connectivity index (χ2n) is 6.30. The summed E-state index contributed by atoms with van der Waals surface area (Å²) < 4.78 is 11.2. The van der Waals surface area contributed by atoms with Gasteiger partial charge in [-0.05, 0) is 54.4 Å². The molecule has 0 saturated carbocycles. The van der Waals surface area contributed by atoms with Crippen molar-refractivity contribution in [2.24, 2.45) is 0 Å². The fraction of sp³-hybridized carbons (Fsp3) is 0.217. The molecule has 0 aliphatic heterocycles. The molecule has 3 aromatic carbocycles. The van der Waals surface area contributed by atoms with Gasteiger partial charge in [-0.25, -0.2) is 0 Å². The highest BCUT2D eigenvalue weighted by molar-refractivity contribution is 6.30. The number of hydrogen-bond donors (Lipinski definition) is 1. The molecule has 0 heterocycles. The molecule has 0 aromatic heterocycles. The van der Waals surface area contributed by atoms with E-state index in [1.165, 1.54) is 5.56 Å². The summed E-state index contributed by atoms with van der Waals surface area (Å²) in [4.78, 5) is 0. The average Bonchev–Trinajstić information content (AvgIpc) is 2.71. The van der Waals surface area contributed by atoms with Crippen LogP contribution in [0.3, 0.4) is 0 Å². The molecule has 3 rings (SSSR count). The van der Waals surface area contributed by atoms with E-state index in [-0.39, 0.29) is 0 Å². The molecule has 4 heteroatoms. The topological polar surface area (TPSA) is 30.5 Å². The molecule has 140 valence electrons. The number of nitrogens with one attached hydrogen (secondary N) is 1. The highest BCUT2D eigenvalue weighted by atomic mass is 35.5. The van der Waals surface area contributed by atoms with Gasteiger partial charge >= 0.3 is 0 Å². The van der Waals surface area contributed by atoms with Gasteiger partial charge < -0.3 is 14.8 Å². The van der Waals surface area contributed by atoms with Crippen LogP contribution in [0.4, 0.5) is 0 Å². The predicted molar refractivity (Wildman–Crippen MR) is 111 cm³/mol. The fourth-order valence-corrected chi connectivity index (χ4v) is 3.04. The Bertz CT molecular complexity index is 849. The Kier molecular flexibility index (Phi) is 7.14. The van der Waals surface area contributed by atoms with Gasteiger partial charge in [-0.1, -0.05) is 54.1 Å². The third-order valence-corrected chi connectivity index (χ3v) is 4.56. The molecule has 0 atom stereocenters. The van der Waals surface area contributed by atoms with Gasteiger partial charge in [-0.15, -0.1) is 0 Å². The molecule has 27 heavy (non-hydrogen) atoms. The summed E-state index contributed by atoms with van der Waals surface area (Å²) in [5.41, 5.74) is 3.49. The molecule has 3 aromatic rings. The minimum absolute atomic E-state index is 0.503. The second-order valence-corrected chi connectivity index (χ2v) is 6.74. The van der Waals surface area contributed by atoms with E-state index in [2.05, 4.69) is 23.5 Å². The van der Waals surface area contributed by atoms with Crippen molar-refractivity contribution >= 4 is 11.6 Å². The highest BCUT2D eigenvalue weighted by Crippen LogP contribution is 2.20. The van der Waals surface area contributed by atoms with Crippen molar-refractivity contribution in [3.8, 4) is 11.5 Å². The van der Waals surface area contributed by atoms with E-state index >= 15 is 0 Å². The van der Waals surface area contributed by atoms with Crippen LogP contribution in [-0.2, 0) is 19.6 Å². The third-order valence-electron chi connectivity index (χ3n) is 4.32. The van der Waals surface area contributed by atoms with Gasteiger partial charge in [0.25, 0.3) is 0 Å². The quantitative estimate of drug-likeness (QED) is 0.513. The monoisotopic (exact) mass is 381 g/mol. The maximum Gasteiger partial charge on any atom is 0.124 e. The SMILES string of the molecule is COc1ccc(CCNCc2ccccc2OCc2cccc(Cl)c2)cc1. The van der Waals surface area contributed by atoms with E-state index in [9.17, 15) is 0 Å². The Labute approximate surface area is 165 Å². The van der Waals surface area contributed by atoms with Gasteiger partial charge in [0, 0.05) is 17.1 Å². The van der Waals surface area contributed by atoms with Crippen LogP contribution in [0.1, 0.15) is 16.7 Å². The van der Waals surface area contributed by atoms with Gasteiger partial charge in [0.2, 0.25) is 0 Å². The Morgan fingerprint density at radius 1 is 0.889 bits per heavy atom. The second kappa shape index (κ2) is 10.0. The molecule has 0 unspecified atom stereocenters. The first-order valence-electron chi connectivity index (χ1n) is 9.03. The average molecular weight is 382 g/mol. The lowest BCUT2D eigenvalue weighted by molar-refractivity contribution is 0.302. The van der Waals surface area contributed by atoms with Gasteiger partial charge in [-0.2, -0.15) is 0 Å². The van der Waals surface area contributed by atoms with Crippen molar-refractivity contribution in [2.45, 2.75) is 19.6 Å². The molecule has 1 N–H and O–H groups in total. The number of methoxy groups -OCH3 is 1. The van der Waals surface area contributed by atoms with Crippen LogP contribution in [0.5, 0.6) is 11.5 Å². The smallest absolute Gasteiger partial charge is 0.124 e. The summed E-state index contributed by atoms with van der Waals surface area (Å²) in [7, 11) is 1.68. The molecule has 0 spiro atoms. The van der Waals surface area contributed by atoms with Crippen molar-refractivity contribution in [1.29, 1.82) is 0 Å². The number of halogens is 1. The number of benzene rings is 3. The molecule has 0 saturated heterocycles. The van der Waals surface area contributed by atoms with Gasteiger partial charge in [0.15, 0.2) is 0 Å².